The number of rotatable bonds is 7. The van der Waals surface area contributed by atoms with Crippen molar-refractivity contribution in [3.63, 3.8) is 0 Å². The Morgan fingerprint density at radius 3 is 2.73 bits per heavy atom. The molecule has 0 unspecified atom stereocenters. The molecule has 2 aromatic rings. The first-order valence-electron chi connectivity index (χ1n) is 8.63. The van der Waals surface area contributed by atoms with Gasteiger partial charge >= 0.3 is 0 Å². The Hall–Kier alpha value is -2.81. The number of aromatic nitrogens is 4. The van der Waals surface area contributed by atoms with Gasteiger partial charge in [-0.2, -0.15) is 0 Å². The highest BCUT2D eigenvalue weighted by molar-refractivity contribution is 5.82. The summed E-state index contributed by atoms with van der Waals surface area (Å²) in [6, 6.07) is 9.90. The Balaban J connectivity index is 1.57. The van der Waals surface area contributed by atoms with Crippen LogP contribution in [-0.2, 0) is 22.7 Å². The van der Waals surface area contributed by atoms with Crippen LogP contribution >= 0.6 is 0 Å². The molecule has 26 heavy (non-hydrogen) atoms. The molecule has 1 saturated heterocycles. The Kier molecular flexibility index (Phi) is 5.90. The number of carbonyl (C=O) groups excluding carboxylic acids is 2. The topological polar surface area (TPSA) is 105 Å². The van der Waals surface area contributed by atoms with Gasteiger partial charge in [0.25, 0.3) is 0 Å². The van der Waals surface area contributed by atoms with Crippen molar-refractivity contribution in [2.75, 3.05) is 20.1 Å². The largest absolute Gasteiger partial charge is 0.359 e. The molecule has 1 aromatic heterocycles. The highest BCUT2D eigenvalue weighted by Crippen LogP contribution is 2.20. The number of benzene rings is 1. The number of likely N-dealkylation sites (tertiary alicyclic amines) is 1. The molecule has 2 atom stereocenters. The maximum atomic E-state index is 12.3. The Labute approximate surface area is 151 Å². The van der Waals surface area contributed by atoms with Crippen molar-refractivity contribution in [3.8, 4) is 0 Å². The molecule has 9 nitrogen and oxygen atoms in total. The second kappa shape index (κ2) is 8.52. The molecule has 1 aliphatic rings. The van der Waals surface area contributed by atoms with Gasteiger partial charge in [0.2, 0.25) is 11.8 Å². The minimum absolute atomic E-state index is 0.0497. The summed E-state index contributed by atoms with van der Waals surface area (Å²) in [4.78, 5) is 26.7. The first-order valence-corrected chi connectivity index (χ1v) is 8.63. The fraction of sp³-hybridized carbons (Fsp3) is 0.471. The minimum Gasteiger partial charge on any atom is -0.359 e. The Bertz CT molecular complexity index is 720. The van der Waals surface area contributed by atoms with Crippen LogP contribution in [0.4, 0.5) is 0 Å². The Morgan fingerprint density at radius 1 is 1.23 bits per heavy atom. The standard InChI is InChI=1S/C17H23N7O2/c1-18-17(26)14-10-23(9-13-5-3-2-4-6-13)11-15(14)20-16(25)7-8-24-12-19-21-22-24/h2-6,12,14-15H,7-11H2,1H3,(H,18,26)(H,20,25)/t14-,15-/m0/s1. The van der Waals surface area contributed by atoms with Crippen LogP contribution in [0.1, 0.15) is 12.0 Å². The summed E-state index contributed by atoms with van der Waals surface area (Å²) in [7, 11) is 1.62. The van der Waals surface area contributed by atoms with E-state index in [-0.39, 0.29) is 30.2 Å². The Morgan fingerprint density at radius 2 is 2.04 bits per heavy atom. The predicted octanol–water partition coefficient (Wildman–Crippen LogP) is -0.574. The molecule has 0 saturated carbocycles. The molecular weight excluding hydrogens is 334 g/mol. The SMILES string of the molecule is CNC(=O)[C@H]1CN(Cc2ccccc2)C[C@@H]1NC(=O)CCn1cnnn1. The summed E-state index contributed by atoms with van der Waals surface area (Å²) in [5, 5.41) is 16.5. The fourth-order valence-electron chi connectivity index (χ4n) is 3.23. The summed E-state index contributed by atoms with van der Waals surface area (Å²) in [6.07, 6.45) is 1.73. The van der Waals surface area contributed by atoms with Crippen LogP contribution in [0, 0.1) is 5.92 Å². The summed E-state index contributed by atoms with van der Waals surface area (Å²) in [6.45, 7) is 2.42. The van der Waals surface area contributed by atoms with Crippen LogP contribution in [0.3, 0.4) is 0 Å². The van der Waals surface area contributed by atoms with Crippen molar-refractivity contribution in [2.45, 2.75) is 25.6 Å². The van der Waals surface area contributed by atoms with Crippen molar-refractivity contribution in [1.29, 1.82) is 0 Å². The van der Waals surface area contributed by atoms with E-state index in [1.54, 1.807) is 7.05 Å². The summed E-state index contributed by atoms with van der Waals surface area (Å²) < 4.78 is 1.51. The van der Waals surface area contributed by atoms with Crippen molar-refractivity contribution in [3.05, 3.63) is 42.2 Å². The van der Waals surface area contributed by atoms with Gasteiger partial charge in [0.05, 0.1) is 18.5 Å². The van der Waals surface area contributed by atoms with Crippen LogP contribution in [0.25, 0.3) is 0 Å². The van der Waals surface area contributed by atoms with Crippen LogP contribution in [0.15, 0.2) is 36.7 Å². The maximum Gasteiger partial charge on any atom is 0.226 e. The molecule has 1 aromatic carbocycles. The molecule has 0 bridgehead atoms. The average Bonchev–Trinajstić information content (AvgIpc) is 3.30. The molecule has 0 radical (unpaired) electrons. The number of hydrogen-bond donors (Lipinski definition) is 2. The van der Waals surface area contributed by atoms with E-state index in [0.717, 1.165) is 6.54 Å². The minimum atomic E-state index is -0.263. The second-order valence-electron chi connectivity index (χ2n) is 6.40. The third-order valence-corrected chi connectivity index (χ3v) is 4.53. The van der Waals surface area contributed by atoms with Gasteiger partial charge in [0, 0.05) is 33.1 Å². The van der Waals surface area contributed by atoms with Crippen molar-refractivity contribution >= 4 is 11.8 Å². The van der Waals surface area contributed by atoms with Gasteiger partial charge in [-0.3, -0.25) is 14.5 Å². The lowest BCUT2D eigenvalue weighted by atomic mass is 10.0. The molecule has 3 rings (SSSR count). The number of amides is 2. The van der Waals surface area contributed by atoms with Crippen LogP contribution in [-0.4, -0.2) is 63.1 Å². The molecule has 1 fully saturated rings. The number of aryl methyl sites for hydroxylation is 1. The summed E-state index contributed by atoms with van der Waals surface area (Å²) in [5.41, 5.74) is 1.19. The normalized spacial score (nSPS) is 20.0. The number of nitrogens with one attached hydrogen (secondary N) is 2. The monoisotopic (exact) mass is 357 g/mol. The maximum absolute atomic E-state index is 12.3. The van der Waals surface area contributed by atoms with Gasteiger partial charge in [0.15, 0.2) is 0 Å². The lowest BCUT2D eigenvalue weighted by molar-refractivity contribution is -0.126. The number of tetrazole rings is 1. The number of carbonyl (C=O) groups is 2. The lowest BCUT2D eigenvalue weighted by Crippen LogP contribution is -2.45. The predicted molar refractivity (Wildman–Crippen MR) is 93.6 cm³/mol. The van der Waals surface area contributed by atoms with Gasteiger partial charge in [-0.1, -0.05) is 30.3 Å². The van der Waals surface area contributed by atoms with E-state index in [1.165, 1.54) is 16.6 Å². The summed E-state index contributed by atoms with van der Waals surface area (Å²) in [5.74, 6) is -0.423. The van der Waals surface area contributed by atoms with E-state index in [0.29, 0.717) is 19.6 Å². The average molecular weight is 357 g/mol. The number of nitrogens with zero attached hydrogens (tertiary/aromatic N) is 5. The molecular formula is C17H23N7O2. The van der Waals surface area contributed by atoms with E-state index in [4.69, 9.17) is 0 Å². The highest BCUT2D eigenvalue weighted by atomic mass is 16.2. The molecule has 2 N–H and O–H groups in total. The summed E-state index contributed by atoms with van der Waals surface area (Å²) >= 11 is 0. The third kappa shape index (κ3) is 4.63. The van der Waals surface area contributed by atoms with E-state index in [1.807, 2.05) is 18.2 Å². The smallest absolute Gasteiger partial charge is 0.226 e. The third-order valence-electron chi connectivity index (χ3n) is 4.53. The van der Waals surface area contributed by atoms with Gasteiger partial charge in [-0.15, -0.1) is 5.10 Å². The van der Waals surface area contributed by atoms with Crippen LogP contribution < -0.4 is 10.6 Å². The zero-order chi connectivity index (χ0) is 18.4. The molecule has 2 heterocycles. The van der Waals surface area contributed by atoms with Gasteiger partial charge < -0.3 is 10.6 Å². The van der Waals surface area contributed by atoms with E-state index in [2.05, 4.69) is 43.2 Å². The van der Waals surface area contributed by atoms with E-state index < -0.39 is 0 Å². The first kappa shape index (κ1) is 18.0. The van der Waals surface area contributed by atoms with Crippen LogP contribution in [0.5, 0.6) is 0 Å². The molecule has 0 spiro atoms. The molecule has 9 heteroatoms. The highest BCUT2D eigenvalue weighted by Gasteiger charge is 2.37. The molecule has 138 valence electrons. The molecule has 0 aliphatic carbocycles. The molecule has 2 amide bonds. The zero-order valence-electron chi connectivity index (χ0n) is 14.7. The van der Waals surface area contributed by atoms with Gasteiger partial charge in [-0.05, 0) is 16.0 Å². The first-order chi connectivity index (χ1) is 12.7. The lowest BCUT2D eigenvalue weighted by Gasteiger charge is -2.18. The number of hydrogen-bond acceptors (Lipinski definition) is 6. The van der Waals surface area contributed by atoms with Gasteiger partial charge in [0.1, 0.15) is 6.33 Å². The van der Waals surface area contributed by atoms with E-state index in [9.17, 15) is 9.59 Å². The van der Waals surface area contributed by atoms with Gasteiger partial charge in [-0.25, -0.2) is 4.68 Å². The van der Waals surface area contributed by atoms with Crippen molar-refractivity contribution in [2.24, 2.45) is 5.92 Å². The van der Waals surface area contributed by atoms with Crippen molar-refractivity contribution in [1.82, 2.24) is 35.7 Å². The van der Waals surface area contributed by atoms with E-state index >= 15 is 0 Å². The quantitative estimate of drug-likeness (QED) is 0.687. The van der Waals surface area contributed by atoms with Crippen LogP contribution in [0.2, 0.25) is 0 Å². The van der Waals surface area contributed by atoms with Crippen molar-refractivity contribution < 1.29 is 9.59 Å². The second-order valence-corrected chi connectivity index (χ2v) is 6.40. The molecule has 1 aliphatic heterocycles. The zero-order valence-corrected chi connectivity index (χ0v) is 14.7. The fourth-order valence-corrected chi connectivity index (χ4v) is 3.23.